The molecule has 0 amide bonds. The first-order chi connectivity index (χ1) is 14.2. The topological polar surface area (TPSA) is 40.5 Å². The standard InChI is InChI=1S/C28H50O2/c1-6-28(30)16-15-27(5)20(17-28)8-9-24-23-11-10-21(22(23)12-13-25(24)27)19(4)7-14-26(29)18(2)3/h18-26,29-30H,6-17H2,1-5H3/t19-,20+,21-,22-,23?,24?,25?,26+,27+,28+/m1/s1. The summed E-state index contributed by atoms with van der Waals surface area (Å²) in [5, 5.41) is 21.3. The highest BCUT2D eigenvalue weighted by Crippen LogP contribution is 2.65. The minimum atomic E-state index is -0.372. The van der Waals surface area contributed by atoms with Crippen LogP contribution in [-0.4, -0.2) is 21.9 Å². The number of aliphatic hydroxyl groups excluding tert-OH is 1. The van der Waals surface area contributed by atoms with Crippen LogP contribution in [0, 0.1) is 52.8 Å². The van der Waals surface area contributed by atoms with Crippen LogP contribution in [0.15, 0.2) is 0 Å². The first-order valence-electron chi connectivity index (χ1n) is 13.6. The molecule has 0 heterocycles. The second-order valence-corrected chi connectivity index (χ2v) is 12.8. The summed E-state index contributed by atoms with van der Waals surface area (Å²) in [6.45, 7) is 11.6. The van der Waals surface area contributed by atoms with Crippen LogP contribution in [0.5, 0.6) is 0 Å². The molecule has 2 heteroatoms. The average molecular weight is 419 g/mol. The van der Waals surface area contributed by atoms with Gasteiger partial charge in [0.25, 0.3) is 0 Å². The molecule has 4 fully saturated rings. The van der Waals surface area contributed by atoms with Crippen molar-refractivity contribution in [1.82, 2.24) is 0 Å². The lowest BCUT2D eigenvalue weighted by Crippen LogP contribution is -2.54. The third-order valence-electron chi connectivity index (χ3n) is 11.3. The smallest absolute Gasteiger partial charge is 0.0648 e. The number of hydrogen-bond acceptors (Lipinski definition) is 2. The van der Waals surface area contributed by atoms with Crippen LogP contribution in [0.3, 0.4) is 0 Å². The fourth-order valence-electron chi connectivity index (χ4n) is 9.03. The van der Waals surface area contributed by atoms with Crippen molar-refractivity contribution in [1.29, 1.82) is 0 Å². The number of aliphatic hydroxyl groups is 2. The van der Waals surface area contributed by atoms with Crippen molar-refractivity contribution in [2.75, 3.05) is 0 Å². The SMILES string of the molecule is CC[C@]1(O)CC[C@]2(C)C3CC[C@H]4C(CC[C@@H]4[C@H](C)CC[C@H](O)C(C)C)C3CC[C@H]2C1. The van der Waals surface area contributed by atoms with Crippen molar-refractivity contribution in [3.8, 4) is 0 Å². The average Bonchev–Trinajstić information content (AvgIpc) is 3.16. The van der Waals surface area contributed by atoms with Crippen LogP contribution in [0.1, 0.15) is 112 Å². The van der Waals surface area contributed by atoms with E-state index in [0.717, 1.165) is 67.1 Å². The number of fused-ring (bicyclic) bond motifs is 5. The highest BCUT2D eigenvalue weighted by molar-refractivity contribution is 5.07. The summed E-state index contributed by atoms with van der Waals surface area (Å²) in [5.41, 5.74) is 0.114. The monoisotopic (exact) mass is 418 g/mol. The van der Waals surface area contributed by atoms with Gasteiger partial charge in [0.15, 0.2) is 0 Å². The van der Waals surface area contributed by atoms with Crippen molar-refractivity contribution < 1.29 is 10.2 Å². The molecule has 4 aliphatic carbocycles. The van der Waals surface area contributed by atoms with Crippen LogP contribution in [-0.2, 0) is 0 Å². The second-order valence-electron chi connectivity index (χ2n) is 12.8. The quantitative estimate of drug-likeness (QED) is 0.496. The Bertz CT molecular complexity index is 587. The lowest BCUT2D eigenvalue weighted by molar-refractivity contribution is -0.140. The van der Waals surface area contributed by atoms with Crippen molar-refractivity contribution in [3.05, 3.63) is 0 Å². The third-order valence-corrected chi connectivity index (χ3v) is 11.3. The highest BCUT2D eigenvalue weighted by atomic mass is 16.3. The highest BCUT2D eigenvalue weighted by Gasteiger charge is 2.58. The van der Waals surface area contributed by atoms with E-state index in [4.69, 9.17) is 0 Å². The molecule has 0 saturated heterocycles. The minimum absolute atomic E-state index is 0.122. The molecular weight excluding hydrogens is 368 g/mol. The zero-order valence-electron chi connectivity index (χ0n) is 20.6. The van der Waals surface area contributed by atoms with E-state index in [0.29, 0.717) is 11.3 Å². The van der Waals surface area contributed by atoms with Gasteiger partial charge in [-0.05, 0) is 130 Å². The van der Waals surface area contributed by atoms with Gasteiger partial charge in [-0.3, -0.25) is 0 Å². The summed E-state index contributed by atoms with van der Waals surface area (Å²) in [7, 11) is 0. The molecule has 174 valence electrons. The summed E-state index contributed by atoms with van der Waals surface area (Å²) in [6, 6.07) is 0. The van der Waals surface area contributed by atoms with E-state index in [9.17, 15) is 10.2 Å². The molecule has 4 saturated carbocycles. The fourth-order valence-corrected chi connectivity index (χ4v) is 9.03. The maximum absolute atomic E-state index is 11.0. The first kappa shape index (κ1) is 23.1. The van der Waals surface area contributed by atoms with Gasteiger partial charge in [0, 0.05) is 0 Å². The van der Waals surface area contributed by atoms with E-state index in [1.54, 1.807) is 0 Å². The Balaban J connectivity index is 1.41. The third kappa shape index (κ3) is 4.02. The molecule has 2 N–H and O–H groups in total. The lowest BCUT2D eigenvalue weighted by atomic mass is 9.45. The van der Waals surface area contributed by atoms with Crippen molar-refractivity contribution in [3.63, 3.8) is 0 Å². The van der Waals surface area contributed by atoms with E-state index < -0.39 is 0 Å². The van der Waals surface area contributed by atoms with Gasteiger partial charge in [-0.15, -0.1) is 0 Å². The van der Waals surface area contributed by atoms with Gasteiger partial charge in [0.05, 0.1) is 11.7 Å². The lowest BCUT2D eigenvalue weighted by Gasteiger charge is -2.60. The molecule has 0 aliphatic heterocycles. The van der Waals surface area contributed by atoms with Crippen molar-refractivity contribution >= 4 is 0 Å². The van der Waals surface area contributed by atoms with Gasteiger partial charge in [0.2, 0.25) is 0 Å². The summed E-state index contributed by atoms with van der Waals surface area (Å²) in [5.74, 6) is 6.60. The maximum Gasteiger partial charge on any atom is 0.0648 e. The van der Waals surface area contributed by atoms with Gasteiger partial charge in [-0.2, -0.15) is 0 Å². The van der Waals surface area contributed by atoms with Crippen LogP contribution in [0.25, 0.3) is 0 Å². The van der Waals surface area contributed by atoms with E-state index in [1.165, 1.54) is 51.4 Å². The zero-order chi connectivity index (χ0) is 21.7. The Labute approximate surface area is 186 Å². The molecule has 0 aromatic rings. The van der Waals surface area contributed by atoms with Gasteiger partial charge in [-0.25, -0.2) is 0 Å². The summed E-state index contributed by atoms with van der Waals surface area (Å²) in [4.78, 5) is 0. The van der Waals surface area contributed by atoms with Crippen LogP contribution in [0.4, 0.5) is 0 Å². The summed E-state index contributed by atoms with van der Waals surface area (Å²) >= 11 is 0. The predicted molar refractivity (Wildman–Crippen MR) is 125 cm³/mol. The molecule has 4 aliphatic rings. The van der Waals surface area contributed by atoms with Crippen LogP contribution in [0.2, 0.25) is 0 Å². The summed E-state index contributed by atoms with van der Waals surface area (Å²) < 4.78 is 0. The molecule has 3 unspecified atom stereocenters. The first-order valence-corrected chi connectivity index (χ1v) is 13.6. The normalized spacial score (nSPS) is 48.0. The largest absolute Gasteiger partial charge is 0.393 e. The minimum Gasteiger partial charge on any atom is -0.393 e. The molecular formula is C28H50O2. The molecule has 4 rings (SSSR count). The fraction of sp³-hybridized carbons (Fsp3) is 1.00. The predicted octanol–water partition coefficient (Wildman–Crippen LogP) is 6.83. The van der Waals surface area contributed by atoms with Crippen molar-refractivity contribution in [2.24, 2.45) is 52.8 Å². The van der Waals surface area contributed by atoms with E-state index in [2.05, 4.69) is 34.6 Å². The zero-order valence-corrected chi connectivity index (χ0v) is 20.6. The molecule has 0 spiro atoms. The van der Waals surface area contributed by atoms with Gasteiger partial charge < -0.3 is 10.2 Å². The Hall–Kier alpha value is -0.0800. The molecule has 0 aromatic heterocycles. The van der Waals surface area contributed by atoms with Crippen molar-refractivity contribution in [2.45, 2.75) is 123 Å². The molecule has 0 radical (unpaired) electrons. The van der Waals surface area contributed by atoms with Crippen LogP contribution >= 0.6 is 0 Å². The maximum atomic E-state index is 11.0. The summed E-state index contributed by atoms with van der Waals surface area (Å²) in [6.07, 6.45) is 15.0. The van der Waals surface area contributed by atoms with E-state index in [1.807, 2.05) is 0 Å². The van der Waals surface area contributed by atoms with Gasteiger partial charge >= 0.3 is 0 Å². The van der Waals surface area contributed by atoms with E-state index in [-0.39, 0.29) is 11.7 Å². The molecule has 10 atom stereocenters. The van der Waals surface area contributed by atoms with Crippen LogP contribution < -0.4 is 0 Å². The number of rotatable bonds is 6. The number of hydrogen-bond donors (Lipinski definition) is 2. The molecule has 0 aromatic carbocycles. The second kappa shape index (κ2) is 8.69. The van der Waals surface area contributed by atoms with E-state index >= 15 is 0 Å². The Morgan fingerprint density at radius 3 is 2.27 bits per heavy atom. The Morgan fingerprint density at radius 1 is 0.867 bits per heavy atom. The molecule has 0 bridgehead atoms. The Kier molecular flexibility index (Phi) is 6.69. The molecule has 30 heavy (non-hydrogen) atoms. The van der Waals surface area contributed by atoms with Gasteiger partial charge in [-0.1, -0.05) is 34.6 Å². The van der Waals surface area contributed by atoms with Gasteiger partial charge in [0.1, 0.15) is 0 Å². The Morgan fingerprint density at radius 2 is 1.57 bits per heavy atom. The molecule has 2 nitrogen and oxygen atoms in total.